The number of hydrogen-bond acceptors (Lipinski definition) is 11. The number of anilines is 6. The van der Waals surface area contributed by atoms with Crippen LogP contribution in [0.4, 0.5) is 34.5 Å². The third-order valence-electron chi connectivity index (χ3n) is 8.49. The minimum absolute atomic E-state index is 0.411. The fraction of sp³-hybridized carbons (Fsp3) is 0.364. The van der Waals surface area contributed by atoms with Crippen molar-refractivity contribution in [2.75, 3.05) is 101 Å². The number of aromatic amines is 1. The second-order valence-electron chi connectivity index (χ2n) is 11.8. The Morgan fingerprint density at radius 2 is 1.83 bits per heavy atom. The lowest BCUT2D eigenvalue weighted by molar-refractivity contribution is 0.312. The van der Waals surface area contributed by atoms with Crippen molar-refractivity contribution in [3.63, 3.8) is 0 Å². The topological polar surface area (TPSA) is 130 Å². The molecule has 2 aromatic heterocycles. The first-order valence-corrected chi connectivity index (χ1v) is 17.7. The number of nitrogens with zero attached hydrogens (tertiary/aromatic N) is 5. The van der Waals surface area contributed by atoms with Crippen molar-refractivity contribution in [1.29, 1.82) is 5.41 Å². The van der Waals surface area contributed by atoms with E-state index in [9.17, 15) is 0 Å². The molecule has 13 heteroatoms. The first-order chi connectivity index (χ1) is 22.3. The number of aromatic nitrogens is 3. The number of fused-ring (bicyclic) bond motifs is 2. The zero-order chi connectivity index (χ0) is 32.4. The van der Waals surface area contributed by atoms with Crippen molar-refractivity contribution in [3.05, 3.63) is 48.3 Å². The minimum atomic E-state index is -0.491. The van der Waals surface area contributed by atoms with Crippen LogP contribution in [0.2, 0.25) is 0 Å². The van der Waals surface area contributed by atoms with E-state index in [2.05, 4.69) is 75.2 Å². The smallest absolute Gasteiger partial charge is 0.231 e. The summed E-state index contributed by atoms with van der Waals surface area (Å²) in [7, 11) is 7.27. The Labute approximate surface area is 271 Å². The summed E-state index contributed by atoms with van der Waals surface area (Å²) in [6.07, 6.45) is 5.09. The van der Waals surface area contributed by atoms with Crippen LogP contribution in [0.5, 0.6) is 11.5 Å². The summed E-state index contributed by atoms with van der Waals surface area (Å²) in [5.74, 6) is 2.70. The maximum Gasteiger partial charge on any atom is 0.231 e. The second-order valence-corrected chi connectivity index (χ2v) is 14.0. The summed E-state index contributed by atoms with van der Waals surface area (Å²) in [5, 5.41) is 20.4. The van der Waals surface area contributed by atoms with E-state index in [0.29, 0.717) is 35.5 Å². The molecule has 2 aromatic carbocycles. The number of hydrogen-bond donors (Lipinski definition) is 5. The zero-order valence-corrected chi connectivity index (χ0v) is 28.3. The maximum absolute atomic E-state index is 8.20. The number of nitrogens with one attached hydrogen (secondary N) is 5. The quantitative estimate of drug-likeness (QED) is 0.124. The van der Waals surface area contributed by atoms with E-state index < -0.39 is 7.92 Å². The van der Waals surface area contributed by atoms with E-state index in [-0.39, 0.29) is 0 Å². The molecule has 4 aromatic rings. The van der Waals surface area contributed by atoms with Crippen molar-refractivity contribution in [1.82, 2.24) is 25.2 Å². The Morgan fingerprint density at radius 1 is 1.02 bits per heavy atom. The first-order valence-electron chi connectivity index (χ1n) is 15.4. The van der Waals surface area contributed by atoms with Gasteiger partial charge in [0, 0.05) is 87.1 Å². The number of rotatable bonds is 10. The van der Waals surface area contributed by atoms with Crippen LogP contribution in [-0.4, -0.2) is 107 Å². The van der Waals surface area contributed by atoms with Crippen LogP contribution in [-0.2, 0) is 0 Å². The molecular weight excluding hydrogens is 599 g/mol. The predicted molar refractivity (Wildman–Crippen MR) is 193 cm³/mol. The van der Waals surface area contributed by atoms with Gasteiger partial charge in [-0.15, -0.1) is 0 Å². The summed E-state index contributed by atoms with van der Waals surface area (Å²) in [4.78, 5) is 20.0. The van der Waals surface area contributed by atoms with Gasteiger partial charge in [0.05, 0.1) is 36.1 Å². The second kappa shape index (κ2) is 13.4. The lowest BCUT2D eigenvalue weighted by atomic mass is 10.0. The summed E-state index contributed by atoms with van der Waals surface area (Å²) in [6.45, 7) is 9.71. The maximum atomic E-state index is 8.20. The van der Waals surface area contributed by atoms with Crippen molar-refractivity contribution in [2.24, 2.45) is 0 Å². The molecular formula is C33H43N10O2P. The van der Waals surface area contributed by atoms with Crippen LogP contribution >= 0.6 is 7.92 Å². The average molecular weight is 643 g/mol. The van der Waals surface area contributed by atoms with E-state index in [1.165, 1.54) is 11.5 Å². The third kappa shape index (κ3) is 6.15. The Balaban J connectivity index is 1.41. The van der Waals surface area contributed by atoms with Crippen molar-refractivity contribution in [3.8, 4) is 11.5 Å². The van der Waals surface area contributed by atoms with Crippen molar-refractivity contribution < 1.29 is 9.47 Å². The summed E-state index contributed by atoms with van der Waals surface area (Å²) in [6, 6.07) is 10.3. The van der Waals surface area contributed by atoms with Gasteiger partial charge in [-0.2, -0.15) is 9.97 Å². The highest BCUT2D eigenvalue weighted by atomic mass is 31.1. The zero-order valence-electron chi connectivity index (χ0n) is 27.4. The van der Waals surface area contributed by atoms with Crippen molar-refractivity contribution >= 4 is 70.6 Å². The molecule has 0 unspecified atom stereocenters. The number of benzene rings is 2. The van der Waals surface area contributed by atoms with Gasteiger partial charge in [0.1, 0.15) is 23.8 Å². The summed E-state index contributed by atoms with van der Waals surface area (Å²) >= 11 is 0. The monoisotopic (exact) mass is 642 g/mol. The van der Waals surface area contributed by atoms with E-state index in [1.807, 2.05) is 37.6 Å². The van der Waals surface area contributed by atoms with Crippen LogP contribution in [0.15, 0.2) is 42.7 Å². The lowest BCUT2D eigenvalue weighted by Gasteiger charge is -2.35. The molecule has 1 saturated heterocycles. The van der Waals surface area contributed by atoms with Crippen LogP contribution in [0, 0.1) is 5.41 Å². The van der Waals surface area contributed by atoms with Crippen LogP contribution in [0.1, 0.15) is 5.56 Å². The number of likely N-dealkylation sites (N-methyl/N-ethyl adjacent to an activating group) is 2. The molecule has 0 radical (unpaired) electrons. The number of piperazine rings is 1. The molecule has 242 valence electrons. The molecule has 12 nitrogen and oxygen atoms in total. The largest absolute Gasteiger partial charge is 0.494 e. The molecule has 0 saturated carbocycles. The van der Waals surface area contributed by atoms with E-state index in [0.717, 1.165) is 72.1 Å². The Morgan fingerprint density at radius 3 is 2.54 bits per heavy atom. The molecule has 5 N–H and O–H groups in total. The molecule has 1 fully saturated rings. The average Bonchev–Trinajstić information content (AvgIpc) is 3.53. The highest BCUT2D eigenvalue weighted by Crippen LogP contribution is 2.42. The molecule has 2 aliphatic heterocycles. The van der Waals surface area contributed by atoms with Crippen LogP contribution in [0.25, 0.3) is 16.6 Å². The van der Waals surface area contributed by atoms with Gasteiger partial charge in [-0.05, 0) is 44.6 Å². The standard InChI is InChI=1S/C33H43N10O2P/c1-35-20-21(19-34)23-17-25(28(44-4)18-27(23)43-13-11-41(2)12-14-43)38-33-39-31-22(9-10-36-31)32(40-33)37-24-7-8-26-29(30(24)46(5)6)45-16-15-42(26)3/h7-10,17-20,34-35H,11-16H2,1-6H3,(H3,36,37,38,39,40)/b21-20+,34-19?. The number of ether oxygens (including phenoxy) is 2. The number of methoxy groups -OCH3 is 1. The van der Waals surface area contributed by atoms with Gasteiger partial charge in [0.2, 0.25) is 5.95 Å². The summed E-state index contributed by atoms with van der Waals surface area (Å²) < 4.78 is 12.1. The molecule has 4 heterocycles. The fourth-order valence-corrected chi connectivity index (χ4v) is 7.22. The molecule has 46 heavy (non-hydrogen) atoms. The first kappa shape index (κ1) is 31.4. The third-order valence-corrected chi connectivity index (χ3v) is 9.82. The van der Waals surface area contributed by atoms with Crippen molar-refractivity contribution in [2.45, 2.75) is 0 Å². The minimum Gasteiger partial charge on any atom is -0.494 e. The molecule has 2 aliphatic rings. The molecule has 0 amide bonds. The Bertz CT molecular complexity index is 1760. The molecule has 0 bridgehead atoms. The SMILES string of the molecule is CN/C=C(\C=N)c1cc(Nc2nc(Nc3ccc4c(c3P(C)C)OCCN4C)c3cc[nH]c3n2)c(OC)cc1N1CCN(C)CC1. The molecule has 0 atom stereocenters. The van der Waals surface area contributed by atoms with E-state index >= 15 is 0 Å². The van der Waals surface area contributed by atoms with Crippen LogP contribution in [0.3, 0.4) is 0 Å². The number of allylic oxidation sites excluding steroid dienone is 1. The predicted octanol–water partition coefficient (Wildman–Crippen LogP) is 4.61. The highest BCUT2D eigenvalue weighted by Gasteiger charge is 2.25. The Kier molecular flexibility index (Phi) is 9.19. The highest BCUT2D eigenvalue weighted by molar-refractivity contribution is 7.64. The van der Waals surface area contributed by atoms with E-state index in [4.69, 9.17) is 24.9 Å². The molecule has 0 aliphatic carbocycles. The van der Waals surface area contributed by atoms with Crippen LogP contribution < -0.4 is 40.5 Å². The number of H-pyrrole nitrogens is 1. The molecule has 0 spiro atoms. The Hall–Kier alpha value is -4.54. The van der Waals surface area contributed by atoms with Gasteiger partial charge in [-0.1, -0.05) is 7.92 Å². The van der Waals surface area contributed by atoms with E-state index in [1.54, 1.807) is 7.11 Å². The van der Waals surface area contributed by atoms with Gasteiger partial charge in [0.25, 0.3) is 0 Å². The van der Waals surface area contributed by atoms with Gasteiger partial charge in [-0.25, -0.2) is 0 Å². The van der Waals surface area contributed by atoms with Gasteiger partial charge < -0.3 is 50.5 Å². The van der Waals surface area contributed by atoms with Gasteiger partial charge in [0.15, 0.2) is 5.75 Å². The summed E-state index contributed by atoms with van der Waals surface area (Å²) in [5.41, 5.74) is 6.18. The fourth-order valence-electron chi connectivity index (χ4n) is 6.02. The van der Waals surface area contributed by atoms with Gasteiger partial charge >= 0.3 is 0 Å². The normalized spacial score (nSPS) is 15.5. The molecule has 6 rings (SSSR count). The lowest BCUT2D eigenvalue weighted by Crippen LogP contribution is -2.44. The van der Waals surface area contributed by atoms with Gasteiger partial charge in [-0.3, -0.25) is 0 Å².